The van der Waals surface area contributed by atoms with Crippen molar-refractivity contribution < 1.29 is 30.0 Å². The van der Waals surface area contributed by atoms with Gasteiger partial charge in [-0.15, -0.1) is 0 Å². The first kappa shape index (κ1) is 19.2. The maximum atomic E-state index is 13.1. The van der Waals surface area contributed by atoms with Gasteiger partial charge in [0.2, 0.25) is 0 Å². The molecule has 8 nitrogen and oxygen atoms in total. The molecule has 1 aromatic heterocycles. The van der Waals surface area contributed by atoms with Crippen LogP contribution in [-0.4, -0.2) is 61.6 Å². The number of ketones is 1. The van der Waals surface area contributed by atoms with Crippen molar-refractivity contribution in [2.24, 2.45) is 0 Å². The van der Waals surface area contributed by atoms with Gasteiger partial charge in [0.15, 0.2) is 11.9 Å². The highest BCUT2D eigenvalue weighted by Crippen LogP contribution is 2.39. The SMILES string of the molecule is O=C1c2ccccc2-c2c1c1ccccc1c(=O)n2C(=O)[C@@H](O)[C@H](O)[C@H](O)CO. The monoisotopic (exact) mass is 395 g/mol. The summed E-state index contributed by atoms with van der Waals surface area (Å²) >= 11 is 0. The van der Waals surface area contributed by atoms with Crippen molar-refractivity contribution in [1.29, 1.82) is 0 Å². The fraction of sp³-hybridized carbons (Fsp3) is 0.190. The molecule has 0 aliphatic heterocycles. The number of hydrogen-bond acceptors (Lipinski definition) is 7. The molecule has 0 saturated carbocycles. The highest BCUT2D eigenvalue weighted by molar-refractivity contribution is 6.27. The molecule has 3 atom stereocenters. The average molecular weight is 395 g/mol. The number of benzene rings is 2. The minimum atomic E-state index is -2.19. The third-order valence-electron chi connectivity index (χ3n) is 5.12. The van der Waals surface area contributed by atoms with Crippen LogP contribution >= 0.6 is 0 Å². The molecule has 1 aliphatic carbocycles. The Morgan fingerprint density at radius 2 is 1.48 bits per heavy atom. The molecule has 29 heavy (non-hydrogen) atoms. The van der Waals surface area contributed by atoms with Gasteiger partial charge in [-0.1, -0.05) is 42.5 Å². The van der Waals surface area contributed by atoms with Gasteiger partial charge in [0.25, 0.3) is 11.5 Å². The molecule has 1 aliphatic rings. The highest BCUT2D eigenvalue weighted by Gasteiger charge is 2.38. The van der Waals surface area contributed by atoms with E-state index in [0.29, 0.717) is 21.1 Å². The summed E-state index contributed by atoms with van der Waals surface area (Å²) in [7, 11) is 0. The molecule has 8 heteroatoms. The lowest BCUT2D eigenvalue weighted by Crippen LogP contribution is -2.48. The van der Waals surface area contributed by atoms with Crippen LogP contribution in [0.4, 0.5) is 0 Å². The number of nitrogens with zero attached hydrogens (tertiary/aromatic N) is 1. The van der Waals surface area contributed by atoms with E-state index in [1.165, 1.54) is 6.07 Å². The number of hydrogen-bond donors (Lipinski definition) is 4. The van der Waals surface area contributed by atoms with E-state index >= 15 is 0 Å². The Balaban J connectivity index is 2.04. The molecule has 0 spiro atoms. The van der Waals surface area contributed by atoms with Gasteiger partial charge in [-0.25, -0.2) is 4.57 Å². The van der Waals surface area contributed by atoms with Crippen LogP contribution in [0.2, 0.25) is 0 Å². The van der Waals surface area contributed by atoms with Crippen LogP contribution in [0, 0.1) is 0 Å². The normalized spacial score (nSPS) is 15.7. The van der Waals surface area contributed by atoms with Crippen LogP contribution in [0.5, 0.6) is 0 Å². The summed E-state index contributed by atoms with van der Waals surface area (Å²) in [5, 5.41) is 39.3. The Hall–Kier alpha value is -3.17. The quantitative estimate of drug-likeness (QED) is 0.380. The predicted octanol–water partition coefficient (Wildman–Crippen LogP) is -0.0719. The number of fused-ring (bicyclic) bond motifs is 5. The zero-order chi connectivity index (χ0) is 20.9. The number of carbonyl (C=O) groups excluding carboxylic acids is 2. The number of aliphatic hydroxyl groups excluding tert-OH is 4. The zero-order valence-corrected chi connectivity index (χ0v) is 15.0. The van der Waals surface area contributed by atoms with Crippen LogP contribution in [-0.2, 0) is 0 Å². The highest BCUT2D eigenvalue weighted by atomic mass is 16.4. The second-order valence-electron chi connectivity index (χ2n) is 6.81. The molecule has 0 fully saturated rings. The van der Waals surface area contributed by atoms with E-state index in [-0.39, 0.29) is 22.4 Å². The molecular weight excluding hydrogens is 378 g/mol. The molecule has 4 rings (SSSR count). The largest absolute Gasteiger partial charge is 0.394 e. The summed E-state index contributed by atoms with van der Waals surface area (Å²) in [6, 6.07) is 12.8. The lowest BCUT2D eigenvalue weighted by Gasteiger charge is -2.22. The van der Waals surface area contributed by atoms with Gasteiger partial charge in [0.1, 0.15) is 12.2 Å². The molecule has 2 aromatic carbocycles. The maximum Gasteiger partial charge on any atom is 0.265 e. The van der Waals surface area contributed by atoms with Crippen molar-refractivity contribution >= 4 is 22.5 Å². The third kappa shape index (κ3) is 2.73. The second-order valence-corrected chi connectivity index (χ2v) is 6.81. The van der Waals surface area contributed by atoms with Crippen LogP contribution in [0.3, 0.4) is 0 Å². The minimum Gasteiger partial charge on any atom is -0.394 e. The summed E-state index contributed by atoms with van der Waals surface area (Å²) in [4.78, 5) is 39.2. The van der Waals surface area contributed by atoms with Gasteiger partial charge < -0.3 is 20.4 Å². The summed E-state index contributed by atoms with van der Waals surface area (Å²) in [6.07, 6.45) is -6.00. The van der Waals surface area contributed by atoms with E-state index in [0.717, 1.165) is 0 Å². The number of rotatable bonds is 4. The molecule has 3 aromatic rings. The lowest BCUT2D eigenvalue weighted by molar-refractivity contribution is -0.0668. The number of aromatic nitrogens is 1. The van der Waals surface area contributed by atoms with E-state index in [2.05, 4.69) is 0 Å². The summed E-state index contributed by atoms with van der Waals surface area (Å²) in [6.45, 7) is -0.891. The summed E-state index contributed by atoms with van der Waals surface area (Å²) in [5.74, 6) is -1.57. The Morgan fingerprint density at radius 3 is 2.14 bits per heavy atom. The maximum absolute atomic E-state index is 13.1. The molecule has 148 valence electrons. The standard InChI is InChI=1S/C21H17NO7/c23-9-14(24)18(26)19(27)21(29)22-16-11-6-2-3-7-12(11)17(25)15(16)10-5-1-4-8-13(10)20(22)28/h1-8,14,18-19,23-24,26-27H,9H2/t14-,18-,19+/m1/s1. The molecule has 0 radical (unpaired) electrons. The van der Waals surface area contributed by atoms with Crippen molar-refractivity contribution in [2.45, 2.75) is 18.3 Å². The predicted molar refractivity (Wildman–Crippen MR) is 103 cm³/mol. The van der Waals surface area contributed by atoms with Crippen molar-refractivity contribution in [3.8, 4) is 11.3 Å². The molecule has 4 N–H and O–H groups in total. The van der Waals surface area contributed by atoms with Crippen molar-refractivity contribution in [3.63, 3.8) is 0 Å². The Bertz CT molecular complexity index is 1210. The summed E-state index contributed by atoms with van der Waals surface area (Å²) in [5.41, 5.74) is 0.0834. The smallest absolute Gasteiger partial charge is 0.265 e. The molecule has 0 amide bonds. The minimum absolute atomic E-state index is 0.0315. The Kier molecular flexibility index (Phi) is 4.64. The zero-order valence-electron chi connectivity index (χ0n) is 15.0. The average Bonchev–Trinajstić information content (AvgIpc) is 3.05. The van der Waals surface area contributed by atoms with E-state index in [1.807, 2.05) is 0 Å². The Morgan fingerprint density at radius 1 is 0.897 bits per heavy atom. The fourth-order valence-electron chi connectivity index (χ4n) is 3.66. The van der Waals surface area contributed by atoms with Crippen molar-refractivity contribution in [1.82, 2.24) is 4.57 Å². The molecule has 0 saturated heterocycles. The first-order chi connectivity index (χ1) is 13.9. The van der Waals surface area contributed by atoms with E-state index in [9.17, 15) is 29.7 Å². The van der Waals surface area contributed by atoms with Crippen LogP contribution in [0.25, 0.3) is 22.0 Å². The number of carbonyl (C=O) groups is 2. The van der Waals surface area contributed by atoms with Gasteiger partial charge in [-0.2, -0.15) is 0 Å². The van der Waals surface area contributed by atoms with Crippen LogP contribution < -0.4 is 5.56 Å². The van der Waals surface area contributed by atoms with Crippen LogP contribution in [0.15, 0.2) is 53.3 Å². The summed E-state index contributed by atoms with van der Waals surface area (Å²) < 4.78 is 0.666. The van der Waals surface area contributed by atoms with Gasteiger partial charge in [-0.3, -0.25) is 14.4 Å². The third-order valence-corrected chi connectivity index (χ3v) is 5.12. The Labute approximate surface area is 163 Å². The van der Waals surface area contributed by atoms with Gasteiger partial charge in [0, 0.05) is 21.9 Å². The number of aliphatic hydroxyl groups is 4. The van der Waals surface area contributed by atoms with Crippen LogP contribution in [0.1, 0.15) is 20.7 Å². The van der Waals surface area contributed by atoms with Gasteiger partial charge in [0.05, 0.1) is 17.9 Å². The topological polar surface area (TPSA) is 137 Å². The van der Waals surface area contributed by atoms with E-state index in [4.69, 9.17) is 5.11 Å². The van der Waals surface area contributed by atoms with Crippen molar-refractivity contribution in [2.75, 3.05) is 6.61 Å². The second kappa shape index (κ2) is 7.02. The molecular formula is C21H17NO7. The molecule has 0 bridgehead atoms. The van der Waals surface area contributed by atoms with E-state index < -0.39 is 36.4 Å². The lowest BCUT2D eigenvalue weighted by atomic mass is 10.0. The van der Waals surface area contributed by atoms with Gasteiger partial charge >= 0.3 is 0 Å². The fourth-order valence-corrected chi connectivity index (χ4v) is 3.66. The van der Waals surface area contributed by atoms with E-state index in [1.54, 1.807) is 42.5 Å². The first-order valence-corrected chi connectivity index (χ1v) is 8.89. The van der Waals surface area contributed by atoms with Crippen molar-refractivity contribution in [3.05, 3.63) is 70.0 Å². The van der Waals surface area contributed by atoms with Gasteiger partial charge in [-0.05, 0) is 6.07 Å². The molecule has 1 heterocycles. The molecule has 0 unspecified atom stereocenters. The first-order valence-electron chi connectivity index (χ1n) is 8.89. The number of pyridine rings is 1.